The summed E-state index contributed by atoms with van der Waals surface area (Å²) in [6, 6.07) is 6.04. The molecule has 3 heteroatoms. The molecule has 0 bridgehead atoms. The Labute approximate surface area is 76.7 Å². The SMILES string of the molecule is CCC(C)c1ccc2onnc2c1. The van der Waals surface area contributed by atoms with Crippen molar-refractivity contribution in [2.75, 3.05) is 0 Å². The Bertz CT molecular complexity index is 408. The monoisotopic (exact) mass is 176 g/mol. The Morgan fingerprint density at radius 2 is 2.31 bits per heavy atom. The van der Waals surface area contributed by atoms with Crippen LogP contribution in [0.25, 0.3) is 11.1 Å². The van der Waals surface area contributed by atoms with Crippen LogP contribution in [-0.4, -0.2) is 10.4 Å². The maximum atomic E-state index is 4.93. The average molecular weight is 176 g/mol. The van der Waals surface area contributed by atoms with Crippen molar-refractivity contribution in [3.05, 3.63) is 23.8 Å². The van der Waals surface area contributed by atoms with Gasteiger partial charge in [-0.05, 0) is 30.0 Å². The van der Waals surface area contributed by atoms with Crippen LogP contribution in [0.4, 0.5) is 0 Å². The van der Waals surface area contributed by atoms with Gasteiger partial charge < -0.3 is 4.52 Å². The van der Waals surface area contributed by atoms with Crippen LogP contribution >= 0.6 is 0 Å². The first-order valence-corrected chi connectivity index (χ1v) is 4.53. The topological polar surface area (TPSA) is 38.9 Å². The van der Waals surface area contributed by atoms with Crippen molar-refractivity contribution in [3.8, 4) is 0 Å². The van der Waals surface area contributed by atoms with Crippen molar-refractivity contribution in [2.45, 2.75) is 26.2 Å². The summed E-state index contributed by atoms with van der Waals surface area (Å²) in [6.07, 6.45) is 1.14. The summed E-state index contributed by atoms with van der Waals surface area (Å²) in [5.74, 6) is 0.570. The van der Waals surface area contributed by atoms with Gasteiger partial charge >= 0.3 is 0 Å². The van der Waals surface area contributed by atoms with Gasteiger partial charge in [0.2, 0.25) is 0 Å². The van der Waals surface area contributed by atoms with Crippen molar-refractivity contribution in [1.82, 2.24) is 10.4 Å². The molecule has 3 nitrogen and oxygen atoms in total. The van der Waals surface area contributed by atoms with Gasteiger partial charge in [-0.1, -0.05) is 19.9 Å². The van der Waals surface area contributed by atoms with Crippen molar-refractivity contribution in [1.29, 1.82) is 0 Å². The predicted molar refractivity (Wildman–Crippen MR) is 50.5 cm³/mol. The lowest BCUT2D eigenvalue weighted by Crippen LogP contribution is -1.90. The van der Waals surface area contributed by atoms with Crippen LogP contribution in [0.15, 0.2) is 22.7 Å². The summed E-state index contributed by atoms with van der Waals surface area (Å²) in [7, 11) is 0. The molecule has 0 amide bonds. The molecule has 0 radical (unpaired) electrons. The van der Waals surface area contributed by atoms with E-state index in [4.69, 9.17) is 4.52 Å². The van der Waals surface area contributed by atoms with Crippen LogP contribution in [0.2, 0.25) is 0 Å². The maximum absolute atomic E-state index is 4.93. The van der Waals surface area contributed by atoms with Crippen LogP contribution in [0.5, 0.6) is 0 Å². The summed E-state index contributed by atoms with van der Waals surface area (Å²) in [4.78, 5) is 0. The van der Waals surface area contributed by atoms with Crippen LogP contribution in [0, 0.1) is 0 Å². The molecule has 1 unspecified atom stereocenters. The van der Waals surface area contributed by atoms with E-state index >= 15 is 0 Å². The highest BCUT2D eigenvalue weighted by Crippen LogP contribution is 2.21. The number of rotatable bonds is 2. The Hall–Kier alpha value is -1.38. The van der Waals surface area contributed by atoms with E-state index in [0.717, 1.165) is 17.5 Å². The lowest BCUT2D eigenvalue weighted by molar-refractivity contribution is 0.424. The highest BCUT2D eigenvalue weighted by atomic mass is 16.5. The summed E-state index contributed by atoms with van der Waals surface area (Å²) in [5, 5.41) is 7.38. The quantitative estimate of drug-likeness (QED) is 0.706. The minimum Gasteiger partial charge on any atom is -0.337 e. The Kier molecular flexibility index (Phi) is 2.00. The first-order chi connectivity index (χ1) is 6.31. The van der Waals surface area contributed by atoms with E-state index in [0.29, 0.717) is 5.92 Å². The third-order valence-corrected chi connectivity index (χ3v) is 2.45. The Morgan fingerprint density at radius 1 is 1.46 bits per heavy atom. The fourth-order valence-electron chi connectivity index (χ4n) is 1.34. The van der Waals surface area contributed by atoms with Gasteiger partial charge in [-0.25, -0.2) is 0 Å². The second-order valence-corrected chi connectivity index (χ2v) is 3.31. The molecule has 1 aromatic heterocycles. The highest BCUT2D eigenvalue weighted by Gasteiger charge is 2.06. The largest absolute Gasteiger partial charge is 0.337 e. The molecule has 1 atom stereocenters. The molecule has 2 aromatic rings. The first kappa shape index (κ1) is 8.23. The van der Waals surface area contributed by atoms with Crippen LogP contribution in [0.3, 0.4) is 0 Å². The van der Waals surface area contributed by atoms with Gasteiger partial charge in [-0.3, -0.25) is 0 Å². The molecule has 0 N–H and O–H groups in total. The maximum Gasteiger partial charge on any atom is 0.187 e. The zero-order valence-corrected chi connectivity index (χ0v) is 7.82. The average Bonchev–Trinajstić information content (AvgIpc) is 2.63. The normalized spacial score (nSPS) is 13.4. The van der Waals surface area contributed by atoms with E-state index in [-0.39, 0.29) is 0 Å². The standard InChI is InChI=1S/C10H12N2O/c1-3-7(2)8-4-5-10-9(6-8)11-12-13-10/h4-7H,3H2,1-2H3. The van der Waals surface area contributed by atoms with Crippen molar-refractivity contribution in [2.24, 2.45) is 0 Å². The zero-order chi connectivity index (χ0) is 9.26. The van der Waals surface area contributed by atoms with Crippen LogP contribution < -0.4 is 0 Å². The van der Waals surface area contributed by atoms with Gasteiger partial charge in [0.15, 0.2) is 5.58 Å². The van der Waals surface area contributed by atoms with Gasteiger partial charge in [-0.15, -0.1) is 5.10 Å². The summed E-state index contributed by atoms with van der Waals surface area (Å²) >= 11 is 0. The zero-order valence-electron chi connectivity index (χ0n) is 7.82. The fraction of sp³-hybridized carbons (Fsp3) is 0.400. The molecule has 0 aliphatic carbocycles. The number of nitrogens with zero attached hydrogens (tertiary/aromatic N) is 2. The number of aromatic nitrogens is 2. The molecule has 2 rings (SSSR count). The lowest BCUT2D eigenvalue weighted by Gasteiger charge is -2.06. The van der Waals surface area contributed by atoms with E-state index < -0.39 is 0 Å². The van der Waals surface area contributed by atoms with E-state index in [1.807, 2.05) is 12.1 Å². The number of benzene rings is 1. The molecule has 1 aromatic carbocycles. The van der Waals surface area contributed by atoms with Crippen molar-refractivity contribution in [3.63, 3.8) is 0 Å². The predicted octanol–water partition coefficient (Wildman–Crippen LogP) is 2.74. The molecule has 0 saturated heterocycles. The van der Waals surface area contributed by atoms with Gasteiger partial charge in [-0.2, -0.15) is 0 Å². The van der Waals surface area contributed by atoms with Crippen molar-refractivity contribution >= 4 is 11.1 Å². The molecular formula is C10H12N2O. The van der Waals surface area contributed by atoms with Crippen LogP contribution in [0.1, 0.15) is 31.7 Å². The summed E-state index contributed by atoms with van der Waals surface area (Å²) < 4.78 is 4.93. The minimum atomic E-state index is 0.570. The van der Waals surface area contributed by atoms with Gasteiger partial charge in [0, 0.05) is 5.27 Å². The van der Waals surface area contributed by atoms with E-state index in [1.54, 1.807) is 0 Å². The fourth-order valence-corrected chi connectivity index (χ4v) is 1.34. The van der Waals surface area contributed by atoms with E-state index in [1.165, 1.54) is 5.56 Å². The Balaban J connectivity index is 2.48. The molecule has 0 spiro atoms. The van der Waals surface area contributed by atoms with Gasteiger partial charge in [0.25, 0.3) is 0 Å². The second-order valence-electron chi connectivity index (χ2n) is 3.31. The number of hydrogen-bond donors (Lipinski definition) is 0. The smallest absolute Gasteiger partial charge is 0.187 e. The molecule has 13 heavy (non-hydrogen) atoms. The number of hydrogen-bond acceptors (Lipinski definition) is 3. The van der Waals surface area contributed by atoms with Gasteiger partial charge in [0.05, 0.1) is 0 Å². The third kappa shape index (κ3) is 1.41. The lowest BCUT2D eigenvalue weighted by atomic mass is 9.98. The molecule has 0 aliphatic heterocycles. The molecule has 1 heterocycles. The molecule has 0 saturated carbocycles. The summed E-state index contributed by atoms with van der Waals surface area (Å²) in [6.45, 7) is 4.38. The third-order valence-electron chi connectivity index (χ3n) is 2.45. The van der Waals surface area contributed by atoms with E-state index in [9.17, 15) is 0 Å². The molecule has 0 fully saturated rings. The highest BCUT2D eigenvalue weighted by molar-refractivity contribution is 5.72. The van der Waals surface area contributed by atoms with Gasteiger partial charge in [0.1, 0.15) is 5.52 Å². The second kappa shape index (κ2) is 3.17. The molecule has 0 aliphatic rings. The van der Waals surface area contributed by atoms with E-state index in [2.05, 4.69) is 30.3 Å². The number of fused-ring (bicyclic) bond motifs is 1. The molecule has 68 valence electrons. The van der Waals surface area contributed by atoms with Crippen molar-refractivity contribution < 1.29 is 4.52 Å². The first-order valence-electron chi connectivity index (χ1n) is 4.53. The summed E-state index contributed by atoms with van der Waals surface area (Å²) in [5.41, 5.74) is 2.90. The molecular weight excluding hydrogens is 164 g/mol. The van der Waals surface area contributed by atoms with Crippen LogP contribution in [-0.2, 0) is 0 Å². The minimum absolute atomic E-state index is 0.570. The Morgan fingerprint density at radius 3 is 3.08 bits per heavy atom.